The Bertz CT molecular complexity index is 1350. The maximum absolute atomic E-state index is 14.4. The van der Waals surface area contributed by atoms with E-state index >= 15 is 0 Å². The summed E-state index contributed by atoms with van der Waals surface area (Å²) in [5, 5.41) is 0. The number of piperazine rings is 1. The molecule has 0 bridgehead atoms. The molecule has 1 saturated heterocycles. The molecule has 1 aliphatic heterocycles. The molecule has 1 N–H and O–H groups in total. The van der Waals surface area contributed by atoms with Crippen LogP contribution in [0.2, 0.25) is 4.34 Å². The number of nitrogens with one attached hydrogen (secondary N) is 1. The maximum atomic E-state index is 14.4. The largest absolute Gasteiger partial charge is 0.368 e. The van der Waals surface area contributed by atoms with Crippen LogP contribution in [0.3, 0.4) is 0 Å². The van der Waals surface area contributed by atoms with E-state index < -0.39 is 11.7 Å². The van der Waals surface area contributed by atoms with Crippen LogP contribution in [0.15, 0.2) is 73.2 Å². The fraction of sp³-hybridized carbons (Fsp3) is 0.192. The standard InChI is InChI=1S/C26H23ClFN5O2S/c27-24-10-9-23(36-24)26(35)32-13-11-31(12-14-32)19-5-7-20(8-6-19)33(16-18-15-29-17-30-18)25(34)21-3-1-2-4-22(21)28/h1-10,15,17H,11-14,16H2,(H,29,30). The van der Waals surface area contributed by atoms with Gasteiger partial charge < -0.3 is 19.7 Å². The Hall–Kier alpha value is -3.69. The lowest BCUT2D eigenvalue weighted by atomic mass is 10.1. The molecule has 0 radical (unpaired) electrons. The lowest BCUT2D eigenvalue weighted by molar-refractivity contribution is 0.0751. The van der Waals surface area contributed by atoms with Crippen molar-refractivity contribution in [3.63, 3.8) is 0 Å². The maximum Gasteiger partial charge on any atom is 0.264 e. The average Bonchev–Trinajstić information content (AvgIpc) is 3.59. The highest BCUT2D eigenvalue weighted by Gasteiger charge is 2.25. The number of aromatic nitrogens is 2. The fourth-order valence-electron chi connectivity index (χ4n) is 4.20. The molecule has 0 atom stereocenters. The molecule has 10 heteroatoms. The highest BCUT2D eigenvalue weighted by atomic mass is 35.5. The number of thiophene rings is 1. The summed E-state index contributed by atoms with van der Waals surface area (Å²) in [4.78, 5) is 39.2. The molecule has 5 rings (SSSR count). The first-order valence-electron chi connectivity index (χ1n) is 11.4. The molecule has 2 amide bonds. The van der Waals surface area contributed by atoms with Gasteiger partial charge in [0, 0.05) is 43.8 Å². The van der Waals surface area contributed by atoms with Crippen molar-refractivity contribution in [3.05, 3.63) is 99.5 Å². The Morgan fingerprint density at radius 3 is 2.42 bits per heavy atom. The zero-order valence-corrected chi connectivity index (χ0v) is 20.8. The van der Waals surface area contributed by atoms with Crippen LogP contribution < -0.4 is 9.80 Å². The van der Waals surface area contributed by atoms with Gasteiger partial charge in [-0.25, -0.2) is 9.37 Å². The predicted octanol–water partition coefficient (Wildman–Crippen LogP) is 5.07. The fourth-order valence-corrected chi connectivity index (χ4v) is 5.21. The van der Waals surface area contributed by atoms with Crippen molar-refractivity contribution in [1.29, 1.82) is 0 Å². The number of amides is 2. The molecular formula is C26H23ClFN5O2S. The number of carbonyl (C=O) groups excluding carboxylic acids is 2. The normalized spacial score (nSPS) is 13.6. The number of rotatable bonds is 6. The van der Waals surface area contributed by atoms with Crippen molar-refractivity contribution >= 4 is 46.1 Å². The first-order chi connectivity index (χ1) is 17.5. The summed E-state index contributed by atoms with van der Waals surface area (Å²) in [7, 11) is 0. The lowest BCUT2D eigenvalue weighted by Gasteiger charge is -2.36. The summed E-state index contributed by atoms with van der Waals surface area (Å²) in [5.74, 6) is -0.995. The van der Waals surface area contributed by atoms with Gasteiger partial charge >= 0.3 is 0 Å². The van der Waals surface area contributed by atoms with Crippen molar-refractivity contribution < 1.29 is 14.0 Å². The summed E-state index contributed by atoms with van der Waals surface area (Å²) < 4.78 is 15.0. The van der Waals surface area contributed by atoms with E-state index in [4.69, 9.17) is 11.6 Å². The minimum Gasteiger partial charge on any atom is -0.368 e. The molecule has 0 saturated carbocycles. The molecule has 0 unspecified atom stereocenters. The Labute approximate surface area is 216 Å². The molecular weight excluding hydrogens is 501 g/mol. The molecule has 0 aliphatic carbocycles. The number of anilines is 2. The zero-order valence-electron chi connectivity index (χ0n) is 19.2. The summed E-state index contributed by atoms with van der Waals surface area (Å²) in [6.45, 7) is 2.81. The minimum absolute atomic E-state index is 0.00278. The van der Waals surface area contributed by atoms with Gasteiger partial charge in [0.25, 0.3) is 11.8 Å². The molecule has 7 nitrogen and oxygen atoms in total. The number of hydrogen-bond donors (Lipinski definition) is 1. The van der Waals surface area contributed by atoms with Gasteiger partial charge in [-0.2, -0.15) is 0 Å². The van der Waals surface area contributed by atoms with Crippen LogP contribution in [0, 0.1) is 5.82 Å². The van der Waals surface area contributed by atoms with Crippen LogP contribution in [0.1, 0.15) is 25.7 Å². The molecule has 4 aromatic rings. The molecule has 184 valence electrons. The third kappa shape index (κ3) is 5.12. The van der Waals surface area contributed by atoms with Crippen LogP contribution >= 0.6 is 22.9 Å². The molecule has 3 heterocycles. The van der Waals surface area contributed by atoms with E-state index in [0.717, 1.165) is 11.4 Å². The molecule has 1 aliphatic rings. The van der Waals surface area contributed by atoms with Gasteiger partial charge in [0.2, 0.25) is 0 Å². The van der Waals surface area contributed by atoms with E-state index in [0.29, 0.717) is 41.1 Å². The first kappa shape index (κ1) is 24.0. The van der Waals surface area contributed by atoms with Gasteiger partial charge in [-0.15, -0.1) is 11.3 Å². The number of imidazole rings is 1. The van der Waals surface area contributed by atoms with Crippen LogP contribution in [-0.2, 0) is 6.54 Å². The Balaban J connectivity index is 1.30. The first-order valence-corrected chi connectivity index (χ1v) is 12.6. The number of H-pyrrole nitrogens is 1. The SMILES string of the molecule is O=C(c1ccc(Cl)s1)N1CCN(c2ccc(N(Cc3cnc[nH]3)C(=O)c3ccccc3F)cc2)CC1. The van der Waals surface area contributed by atoms with Crippen molar-refractivity contribution in [2.75, 3.05) is 36.0 Å². The summed E-state index contributed by atoms with van der Waals surface area (Å²) >= 11 is 7.27. The number of carbonyl (C=O) groups is 2. The molecule has 2 aromatic carbocycles. The van der Waals surface area contributed by atoms with Crippen LogP contribution in [0.4, 0.5) is 15.8 Å². The number of nitrogens with zero attached hydrogens (tertiary/aromatic N) is 4. The lowest BCUT2D eigenvalue weighted by Crippen LogP contribution is -2.48. The summed E-state index contributed by atoms with van der Waals surface area (Å²) in [6, 6.07) is 17.1. The van der Waals surface area contributed by atoms with Crippen LogP contribution in [0.5, 0.6) is 0 Å². The average molecular weight is 524 g/mol. The monoisotopic (exact) mass is 523 g/mol. The predicted molar refractivity (Wildman–Crippen MR) is 139 cm³/mol. The summed E-state index contributed by atoms with van der Waals surface area (Å²) in [6.07, 6.45) is 3.18. The van der Waals surface area contributed by atoms with Gasteiger partial charge in [0.15, 0.2) is 0 Å². The third-order valence-corrected chi connectivity index (χ3v) is 7.33. The number of aromatic amines is 1. The Morgan fingerprint density at radius 2 is 1.78 bits per heavy atom. The van der Waals surface area contributed by atoms with Crippen molar-refractivity contribution in [2.24, 2.45) is 0 Å². The van der Waals surface area contributed by atoms with Crippen LogP contribution in [-0.4, -0.2) is 52.9 Å². The van der Waals surface area contributed by atoms with E-state index in [1.807, 2.05) is 29.2 Å². The number of halogens is 2. The van der Waals surface area contributed by atoms with Crippen molar-refractivity contribution in [1.82, 2.24) is 14.9 Å². The second-order valence-corrected chi connectivity index (χ2v) is 10.1. The zero-order chi connectivity index (χ0) is 25.1. The second kappa shape index (κ2) is 10.5. The van der Waals surface area contributed by atoms with Crippen molar-refractivity contribution in [3.8, 4) is 0 Å². The molecule has 0 spiro atoms. The van der Waals surface area contributed by atoms with Gasteiger partial charge in [0.05, 0.1) is 33.3 Å². The third-order valence-electron chi connectivity index (χ3n) is 6.11. The number of benzene rings is 2. The van der Waals surface area contributed by atoms with E-state index in [9.17, 15) is 14.0 Å². The Morgan fingerprint density at radius 1 is 1.03 bits per heavy atom. The van der Waals surface area contributed by atoms with Gasteiger partial charge in [0.1, 0.15) is 5.82 Å². The van der Waals surface area contributed by atoms with E-state index in [1.165, 1.54) is 28.4 Å². The topological polar surface area (TPSA) is 72.5 Å². The van der Waals surface area contributed by atoms with Gasteiger partial charge in [-0.1, -0.05) is 23.7 Å². The smallest absolute Gasteiger partial charge is 0.264 e. The quantitative estimate of drug-likeness (QED) is 0.383. The highest BCUT2D eigenvalue weighted by molar-refractivity contribution is 7.17. The molecule has 36 heavy (non-hydrogen) atoms. The minimum atomic E-state index is -0.564. The van der Waals surface area contributed by atoms with E-state index in [1.54, 1.807) is 36.8 Å². The van der Waals surface area contributed by atoms with Crippen LogP contribution in [0.25, 0.3) is 0 Å². The van der Waals surface area contributed by atoms with Crippen molar-refractivity contribution in [2.45, 2.75) is 6.54 Å². The molecule has 2 aromatic heterocycles. The molecule has 1 fully saturated rings. The van der Waals surface area contributed by atoms with E-state index in [-0.39, 0.29) is 18.0 Å². The second-order valence-electron chi connectivity index (χ2n) is 8.35. The highest BCUT2D eigenvalue weighted by Crippen LogP contribution is 2.27. The van der Waals surface area contributed by atoms with E-state index in [2.05, 4.69) is 14.9 Å². The Kier molecular flexibility index (Phi) is 7.02. The number of hydrogen-bond acceptors (Lipinski definition) is 5. The van der Waals surface area contributed by atoms with Gasteiger partial charge in [-0.05, 0) is 48.5 Å². The summed E-state index contributed by atoms with van der Waals surface area (Å²) in [5.41, 5.74) is 2.38. The van der Waals surface area contributed by atoms with Gasteiger partial charge in [-0.3, -0.25) is 9.59 Å².